The molecule has 3 heteroatoms. The first-order valence-electron chi connectivity index (χ1n) is 4.36. The Bertz CT molecular complexity index is 480. The third-order valence-corrected chi connectivity index (χ3v) is 2.07. The molecule has 1 heterocycles. The van der Waals surface area contributed by atoms with Crippen LogP contribution in [0.2, 0.25) is 0 Å². The van der Waals surface area contributed by atoms with Gasteiger partial charge < -0.3 is 5.32 Å². The standard InChI is InChI=1S/C11H9N3/c12-8-13-7-10-4-1-3-9-5-2-6-14-11(9)10/h1-6,13H,7H2. The number of fused-ring (bicyclic) bond motifs is 1. The molecular weight excluding hydrogens is 174 g/mol. The van der Waals surface area contributed by atoms with Gasteiger partial charge in [0.15, 0.2) is 6.19 Å². The minimum absolute atomic E-state index is 0.533. The fraction of sp³-hybridized carbons (Fsp3) is 0.0909. The van der Waals surface area contributed by atoms with Gasteiger partial charge in [0.25, 0.3) is 0 Å². The molecule has 3 nitrogen and oxygen atoms in total. The number of nitrogens with one attached hydrogen (secondary N) is 1. The summed E-state index contributed by atoms with van der Waals surface area (Å²) in [6.07, 6.45) is 3.67. The number of nitriles is 1. The van der Waals surface area contributed by atoms with E-state index in [9.17, 15) is 0 Å². The molecule has 0 atom stereocenters. The van der Waals surface area contributed by atoms with Crippen LogP contribution in [0.15, 0.2) is 36.5 Å². The van der Waals surface area contributed by atoms with Crippen LogP contribution in [-0.2, 0) is 6.54 Å². The lowest BCUT2D eigenvalue weighted by Gasteiger charge is -2.03. The lowest BCUT2D eigenvalue weighted by atomic mass is 10.1. The van der Waals surface area contributed by atoms with Crippen molar-refractivity contribution in [1.29, 1.82) is 5.26 Å². The number of hydrogen-bond acceptors (Lipinski definition) is 3. The van der Waals surface area contributed by atoms with Gasteiger partial charge in [-0.1, -0.05) is 24.3 Å². The zero-order valence-corrected chi connectivity index (χ0v) is 7.57. The molecule has 0 aliphatic rings. The smallest absolute Gasteiger partial charge is 0.176 e. The van der Waals surface area contributed by atoms with Crippen LogP contribution in [0.1, 0.15) is 5.56 Å². The van der Waals surface area contributed by atoms with Gasteiger partial charge in [0.2, 0.25) is 0 Å². The topological polar surface area (TPSA) is 48.7 Å². The summed E-state index contributed by atoms with van der Waals surface area (Å²) in [5.41, 5.74) is 2.00. The number of para-hydroxylation sites is 1. The van der Waals surface area contributed by atoms with Gasteiger partial charge in [-0.15, -0.1) is 0 Å². The Hall–Kier alpha value is -2.08. The molecule has 0 saturated carbocycles. The van der Waals surface area contributed by atoms with Crippen molar-refractivity contribution in [2.24, 2.45) is 0 Å². The van der Waals surface area contributed by atoms with Gasteiger partial charge in [-0.2, -0.15) is 5.26 Å². The molecule has 2 aromatic rings. The largest absolute Gasteiger partial charge is 0.319 e. The molecule has 1 aromatic heterocycles. The maximum atomic E-state index is 8.42. The number of rotatable bonds is 2. The molecule has 1 aromatic carbocycles. The summed E-state index contributed by atoms with van der Waals surface area (Å²) in [6, 6.07) is 9.87. The Morgan fingerprint density at radius 3 is 3.00 bits per heavy atom. The molecule has 68 valence electrons. The van der Waals surface area contributed by atoms with E-state index in [-0.39, 0.29) is 0 Å². The van der Waals surface area contributed by atoms with E-state index in [0.29, 0.717) is 6.54 Å². The second-order valence-electron chi connectivity index (χ2n) is 2.96. The molecule has 0 amide bonds. The Morgan fingerprint density at radius 1 is 1.29 bits per heavy atom. The van der Waals surface area contributed by atoms with Crippen molar-refractivity contribution in [2.75, 3.05) is 0 Å². The maximum absolute atomic E-state index is 8.42. The van der Waals surface area contributed by atoms with Crippen LogP contribution in [0.25, 0.3) is 10.9 Å². The summed E-state index contributed by atoms with van der Waals surface area (Å²) >= 11 is 0. The number of nitrogens with zero attached hydrogens (tertiary/aromatic N) is 2. The molecule has 0 radical (unpaired) electrons. The van der Waals surface area contributed by atoms with E-state index in [1.54, 1.807) is 6.20 Å². The van der Waals surface area contributed by atoms with Crippen molar-refractivity contribution in [3.8, 4) is 6.19 Å². The molecule has 2 rings (SSSR count). The molecule has 0 unspecified atom stereocenters. The van der Waals surface area contributed by atoms with Gasteiger partial charge in [-0.3, -0.25) is 4.98 Å². The van der Waals surface area contributed by atoms with Crippen molar-refractivity contribution in [3.05, 3.63) is 42.1 Å². The predicted molar refractivity (Wildman–Crippen MR) is 54.2 cm³/mol. The number of pyridine rings is 1. The normalized spacial score (nSPS) is 9.64. The third-order valence-electron chi connectivity index (χ3n) is 2.07. The van der Waals surface area contributed by atoms with Crippen molar-refractivity contribution in [2.45, 2.75) is 6.54 Å². The van der Waals surface area contributed by atoms with E-state index in [2.05, 4.69) is 10.3 Å². The predicted octanol–water partition coefficient (Wildman–Crippen LogP) is 1.81. The van der Waals surface area contributed by atoms with Crippen molar-refractivity contribution in [3.63, 3.8) is 0 Å². The van der Waals surface area contributed by atoms with E-state index >= 15 is 0 Å². The van der Waals surface area contributed by atoms with Gasteiger partial charge in [-0.25, -0.2) is 0 Å². The maximum Gasteiger partial charge on any atom is 0.176 e. The monoisotopic (exact) mass is 183 g/mol. The molecule has 0 bridgehead atoms. The minimum atomic E-state index is 0.533. The van der Waals surface area contributed by atoms with Crippen molar-refractivity contribution >= 4 is 10.9 Å². The van der Waals surface area contributed by atoms with Gasteiger partial charge in [-0.05, 0) is 11.6 Å². The lowest BCUT2D eigenvalue weighted by molar-refractivity contribution is 0.889. The van der Waals surface area contributed by atoms with Crippen LogP contribution in [0.3, 0.4) is 0 Å². The van der Waals surface area contributed by atoms with E-state index in [0.717, 1.165) is 16.5 Å². The summed E-state index contributed by atoms with van der Waals surface area (Å²) in [7, 11) is 0. The highest BCUT2D eigenvalue weighted by Crippen LogP contribution is 2.15. The SMILES string of the molecule is N#CNCc1cccc2cccnc12. The fourth-order valence-electron chi connectivity index (χ4n) is 1.44. The van der Waals surface area contributed by atoms with Crippen molar-refractivity contribution in [1.82, 2.24) is 10.3 Å². The van der Waals surface area contributed by atoms with Crippen LogP contribution >= 0.6 is 0 Å². The van der Waals surface area contributed by atoms with Crippen molar-refractivity contribution < 1.29 is 0 Å². The highest BCUT2D eigenvalue weighted by molar-refractivity contribution is 5.81. The molecule has 0 aliphatic heterocycles. The second kappa shape index (κ2) is 3.75. The van der Waals surface area contributed by atoms with Crippen LogP contribution < -0.4 is 5.32 Å². The molecule has 0 spiro atoms. The Morgan fingerprint density at radius 2 is 2.14 bits per heavy atom. The summed E-state index contributed by atoms with van der Waals surface area (Å²) in [4.78, 5) is 4.28. The zero-order valence-electron chi connectivity index (χ0n) is 7.57. The second-order valence-corrected chi connectivity index (χ2v) is 2.96. The summed E-state index contributed by atoms with van der Waals surface area (Å²) in [6.45, 7) is 0.533. The Labute approximate surface area is 82.0 Å². The summed E-state index contributed by atoms with van der Waals surface area (Å²) in [5, 5.41) is 12.1. The zero-order chi connectivity index (χ0) is 9.80. The van der Waals surface area contributed by atoms with Gasteiger partial charge in [0.1, 0.15) is 0 Å². The molecule has 0 aliphatic carbocycles. The third kappa shape index (κ3) is 1.50. The molecule has 14 heavy (non-hydrogen) atoms. The molecule has 0 saturated heterocycles. The van der Waals surface area contributed by atoms with E-state index in [1.807, 2.05) is 36.5 Å². The first kappa shape index (κ1) is 8.52. The molecular formula is C11H9N3. The van der Waals surface area contributed by atoms with Crippen LogP contribution in [0.4, 0.5) is 0 Å². The quantitative estimate of drug-likeness (QED) is 0.570. The number of aromatic nitrogens is 1. The van der Waals surface area contributed by atoms with Gasteiger partial charge in [0, 0.05) is 11.6 Å². The van der Waals surface area contributed by atoms with Crippen LogP contribution in [0, 0.1) is 11.5 Å². The Kier molecular flexibility index (Phi) is 2.28. The average Bonchev–Trinajstić information content (AvgIpc) is 2.26. The average molecular weight is 183 g/mol. The van der Waals surface area contributed by atoms with E-state index in [4.69, 9.17) is 5.26 Å². The minimum Gasteiger partial charge on any atom is -0.319 e. The van der Waals surface area contributed by atoms with E-state index < -0.39 is 0 Å². The summed E-state index contributed by atoms with van der Waals surface area (Å²) in [5.74, 6) is 0. The fourth-order valence-corrected chi connectivity index (χ4v) is 1.44. The van der Waals surface area contributed by atoms with Gasteiger partial charge in [0.05, 0.1) is 12.1 Å². The van der Waals surface area contributed by atoms with Crippen LogP contribution in [0.5, 0.6) is 0 Å². The highest BCUT2D eigenvalue weighted by Gasteiger charge is 1.99. The first-order valence-corrected chi connectivity index (χ1v) is 4.36. The highest BCUT2D eigenvalue weighted by atomic mass is 14.8. The lowest BCUT2D eigenvalue weighted by Crippen LogP contribution is -2.05. The molecule has 1 N–H and O–H groups in total. The molecule has 0 fully saturated rings. The van der Waals surface area contributed by atoms with Gasteiger partial charge >= 0.3 is 0 Å². The number of hydrogen-bond donors (Lipinski definition) is 1. The summed E-state index contributed by atoms with van der Waals surface area (Å²) < 4.78 is 0. The Balaban J connectivity index is 2.49. The van der Waals surface area contributed by atoms with E-state index in [1.165, 1.54) is 0 Å². The van der Waals surface area contributed by atoms with Crippen LogP contribution in [-0.4, -0.2) is 4.98 Å². The number of benzene rings is 1. The first-order chi connectivity index (χ1) is 6.92.